The highest BCUT2D eigenvalue weighted by atomic mass is 16.1. The monoisotopic (exact) mass is 229 g/mol. The molecule has 3 aromatic heterocycles. The van der Waals surface area contributed by atoms with Crippen molar-refractivity contribution in [1.29, 1.82) is 0 Å². The number of hydrogen-bond donors (Lipinski definition) is 4. The van der Waals surface area contributed by atoms with Gasteiger partial charge in [0.2, 0.25) is 5.95 Å². The van der Waals surface area contributed by atoms with Crippen molar-refractivity contribution in [3.63, 3.8) is 0 Å². The minimum atomic E-state index is -0.243. The van der Waals surface area contributed by atoms with E-state index in [0.29, 0.717) is 17.5 Å². The quantitative estimate of drug-likeness (QED) is 0.521. The van der Waals surface area contributed by atoms with E-state index in [2.05, 4.69) is 19.9 Å². The second kappa shape index (κ2) is 3.51. The van der Waals surface area contributed by atoms with Gasteiger partial charge >= 0.3 is 0 Å². The van der Waals surface area contributed by atoms with Gasteiger partial charge in [-0.15, -0.1) is 0 Å². The number of nitrogens with two attached hydrogens (primary N) is 1. The molecule has 0 atom stereocenters. The number of aromatic amines is 3. The lowest BCUT2D eigenvalue weighted by Crippen LogP contribution is -2.11. The highest BCUT2D eigenvalue weighted by molar-refractivity contribution is 5.79. The van der Waals surface area contributed by atoms with Crippen LogP contribution in [0.4, 0.5) is 5.95 Å². The van der Waals surface area contributed by atoms with Gasteiger partial charge in [0.15, 0.2) is 0 Å². The largest absolute Gasteiger partial charge is 0.369 e. The molecular weight excluding hydrogens is 218 g/mol. The fourth-order valence-corrected chi connectivity index (χ4v) is 1.91. The van der Waals surface area contributed by atoms with E-state index in [1.807, 2.05) is 18.5 Å². The molecule has 0 aliphatic carbocycles. The standard InChI is InChI=1S/C11H11N5O/c12-11-15-8-7(3-6-1-2-13-4-6)5-14-9(8)10(17)16-11/h1-2,4-5,13-14H,3H2,(H3,12,15,16,17). The van der Waals surface area contributed by atoms with Crippen molar-refractivity contribution < 1.29 is 0 Å². The maximum Gasteiger partial charge on any atom is 0.276 e. The van der Waals surface area contributed by atoms with Gasteiger partial charge in [0.05, 0.1) is 0 Å². The van der Waals surface area contributed by atoms with Crippen LogP contribution in [0.25, 0.3) is 11.0 Å². The number of aromatic nitrogens is 4. The molecule has 3 heterocycles. The SMILES string of the molecule is Nc1nc2c(Cc3cc[nH]c3)c[nH]c2c(=O)[nH]1. The molecule has 0 radical (unpaired) electrons. The molecule has 0 aliphatic heterocycles. The van der Waals surface area contributed by atoms with Gasteiger partial charge in [0, 0.05) is 30.6 Å². The van der Waals surface area contributed by atoms with Crippen LogP contribution >= 0.6 is 0 Å². The fraction of sp³-hybridized carbons (Fsp3) is 0.0909. The molecule has 0 aromatic carbocycles. The summed E-state index contributed by atoms with van der Waals surface area (Å²) in [5.41, 5.74) is 8.48. The molecule has 0 fully saturated rings. The molecule has 6 nitrogen and oxygen atoms in total. The Hall–Kier alpha value is -2.50. The van der Waals surface area contributed by atoms with E-state index in [9.17, 15) is 4.79 Å². The lowest BCUT2D eigenvalue weighted by Gasteiger charge is -1.97. The Morgan fingerprint density at radius 3 is 3.00 bits per heavy atom. The van der Waals surface area contributed by atoms with E-state index in [1.54, 1.807) is 6.20 Å². The predicted molar refractivity (Wildman–Crippen MR) is 64.7 cm³/mol. The van der Waals surface area contributed by atoms with E-state index < -0.39 is 0 Å². The highest BCUT2D eigenvalue weighted by Gasteiger charge is 2.09. The van der Waals surface area contributed by atoms with Crippen LogP contribution in [-0.2, 0) is 6.42 Å². The lowest BCUT2D eigenvalue weighted by atomic mass is 10.1. The van der Waals surface area contributed by atoms with Gasteiger partial charge in [-0.2, -0.15) is 0 Å². The number of nitrogens with one attached hydrogen (secondary N) is 3. The first-order chi connectivity index (χ1) is 8.24. The summed E-state index contributed by atoms with van der Waals surface area (Å²) in [6.45, 7) is 0. The number of hydrogen-bond acceptors (Lipinski definition) is 3. The van der Waals surface area contributed by atoms with E-state index in [-0.39, 0.29) is 11.5 Å². The zero-order chi connectivity index (χ0) is 11.8. The molecule has 0 saturated carbocycles. The van der Waals surface area contributed by atoms with Gasteiger partial charge in [0.1, 0.15) is 11.0 Å². The molecule has 17 heavy (non-hydrogen) atoms. The third-order valence-corrected chi connectivity index (χ3v) is 2.69. The van der Waals surface area contributed by atoms with Crippen molar-refractivity contribution in [1.82, 2.24) is 19.9 Å². The second-order valence-electron chi connectivity index (χ2n) is 3.88. The summed E-state index contributed by atoms with van der Waals surface area (Å²) in [5.74, 6) is 0.136. The van der Waals surface area contributed by atoms with E-state index in [1.165, 1.54) is 0 Å². The average molecular weight is 229 g/mol. The van der Waals surface area contributed by atoms with E-state index in [0.717, 1.165) is 11.1 Å². The molecule has 3 rings (SSSR count). The Bertz CT molecular complexity index is 707. The summed E-state index contributed by atoms with van der Waals surface area (Å²) in [4.78, 5) is 24.1. The van der Waals surface area contributed by atoms with Crippen molar-refractivity contribution in [2.24, 2.45) is 0 Å². The van der Waals surface area contributed by atoms with E-state index >= 15 is 0 Å². The summed E-state index contributed by atoms with van der Waals surface area (Å²) >= 11 is 0. The third-order valence-electron chi connectivity index (χ3n) is 2.69. The predicted octanol–water partition coefficient (Wildman–Crippen LogP) is 0.752. The van der Waals surface area contributed by atoms with Gasteiger partial charge in [-0.1, -0.05) is 0 Å². The number of nitrogens with zero attached hydrogens (tertiary/aromatic N) is 1. The summed E-state index contributed by atoms with van der Waals surface area (Å²) in [7, 11) is 0. The van der Waals surface area contributed by atoms with Crippen LogP contribution < -0.4 is 11.3 Å². The number of nitrogen functional groups attached to an aromatic ring is 1. The summed E-state index contributed by atoms with van der Waals surface area (Å²) in [5, 5.41) is 0. The van der Waals surface area contributed by atoms with Crippen LogP contribution in [0.1, 0.15) is 11.1 Å². The van der Waals surface area contributed by atoms with Crippen LogP contribution in [-0.4, -0.2) is 19.9 Å². The minimum Gasteiger partial charge on any atom is -0.369 e. The van der Waals surface area contributed by atoms with Crippen molar-refractivity contribution >= 4 is 17.0 Å². The lowest BCUT2D eigenvalue weighted by molar-refractivity contribution is 1.16. The maximum absolute atomic E-state index is 11.6. The van der Waals surface area contributed by atoms with Crippen LogP contribution in [0.3, 0.4) is 0 Å². The second-order valence-corrected chi connectivity index (χ2v) is 3.88. The first-order valence-corrected chi connectivity index (χ1v) is 5.21. The van der Waals surface area contributed by atoms with E-state index in [4.69, 9.17) is 5.73 Å². The zero-order valence-corrected chi connectivity index (χ0v) is 8.95. The van der Waals surface area contributed by atoms with Crippen molar-refractivity contribution in [3.8, 4) is 0 Å². The minimum absolute atomic E-state index is 0.136. The van der Waals surface area contributed by atoms with Gasteiger partial charge < -0.3 is 15.7 Å². The van der Waals surface area contributed by atoms with Gasteiger partial charge in [-0.05, 0) is 11.6 Å². The smallest absolute Gasteiger partial charge is 0.276 e. The van der Waals surface area contributed by atoms with Gasteiger partial charge in [0.25, 0.3) is 5.56 Å². The average Bonchev–Trinajstić information content (AvgIpc) is 2.89. The number of rotatable bonds is 2. The molecule has 3 aromatic rings. The summed E-state index contributed by atoms with van der Waals surface area (Å²) in [6, 6.07) is 1.98. The Labute approximate surface area is 95.9 Å². The Balaban J connectivity index is 2.15. The molecule has 0 amide bonds. The topological polar surface area (TPSA) is 103 Å². The Morgan fingerprint density at radius 2 is 2.24 bits per heavy atom. The molecular formula is C11H11N5O. The number of anilines is 1. The highest BCUT2D eigenvalue weighted by Crippen LogP contribution is 2.16. The van der Waals surface area contributed by atoms with Crippen LogP contribution in [0, 0.1) is 0 Å². The molecule has 0 aliphatic rings. The summed E-state index contributed by atoms with van der Waals surface area (Å²) in [6.07, 6.45) is 6.27. The molecule has 5 N–H and O–H groups in total. The Morgan fingerprint density at radius 1 is 1.35 bits per heavy atom. The Kier molecular flexibility index (Phi) is 2.01. The molecule has 0 spiro atoms. The molecule has 0 bridgehead atoms. The number of fused-ring (bicyclic) bond motifs is 1. The van der Waals surface area contributed by atoms with Gasteiger partial charge in [-0.3, -0.25) is 9.78 Å². The molecule has 86 valence electrons. The van der Waals surface area contributed by atoms with Crippen molar-refractivity contribution in [2.75, 3.05) is 5.73 Å². The first kappa shape index (κ1) is 9.71. The normalized spacial score (nSPS) is 11.1. The maximum atomic E-state index is 11.6. The molecule has 6 heteroatoms. The fourth-order valence-electron chi connectivity index (χ4n) is 1.91. The van der Waals surface area contributed by atoms with Crippen molar-refractivity contribution in [2.45, 2.75) is 6.42 Å². The summed E-state index contributed by atoms with van der Waals surface area (Å²) < 4.78 is 0. The zero-order valence-electron chi connectivity index (χ0n) is 8.95. The molecule has 0 unspecified atom stereocenters. The van der Waals surface area contributed by atoms with Crippen LogP contribution in [0.15, 0.2) is 29.5 Å². The van der Waals surface area contributed by atoms with Crippen molar-refractivity contribution in [3.05, 3.63) is 46.1 Å². The van der Waals surface area contributed by atoms with Crippen LogP contribution in [0.2, 0.25) is 0 Å². The van der Waals surface area contributed by atoms with Crippen LogP contribution in [0.5, 0.6) is 0 Å². The first-order valence-electron chi connectivity index (χ1n) is 5.21. The molecule has 0 saturated heterocycles. The van der Waals surface area contributed by atoms with Gasteiger partial charge in [-0.25, -0.2) is 4.98 Å². The number of H-pyrrole nitrogens is 3. The third kappa shape index (κ3) is 1.59.